The van der Waals surface area contributed by atoms with Crippen LogP contribution in [0.2, 0.25) is 0 Å². The number of aromatic amines is 2. The van der Waals surface area contributed by atoms with Gasteiger partial charge in [-0.05, 0) is 156 Å². The fourth-order valence-electron chi connectivity index (χ4n) is 13.6. The van der Waals surface area contributed by atoms with Crippen LogP contribution < -0.4 is 20.6 Å². The van der Waals surface area contributed by atoms with Crippen molar-refractivity contribution < 1.29 is 28.9 Å². The molecule has 4 heterocycles. The molecule has 16 heteroatoms. The Labute approximate surface area is 380 Å². The van der Waals surface area contributed by atoms with Crippen molar-refractivity contribution in [3.63, 3.8) is 0 Å². The van der Waals surface area contributed by atoms with Crippen LogP contribution in [0.15, 0.2) is 58.1 Å². The first-order valence-corrected chi connectivity index (χ1v) is 24.0. The molecule has 0 amide bonds. The van der Waals surface area contributed by atoms with Gasteiger partial charge in [0.05, 0.1) is 17.7 Å². The fourth-order valence-corrected chi connectivity index (χ4v) is 13.6. The molecule has 2 aromatic carbocycles. The summed E-state index contributed by atoms with van der Waals surface area (Å²) >= 11 is 0. The van der Waals surface area contributed by atoms with Crippen molar-refractivity contribution >= 4 is 34.3 Å². The molecule has 16 nitrogen and oxygen atoms in total. The smallest absolute Gasteiger partial charge is 0.338 e. The number of ether oxygens (including phenoxy) is 3. The molecule has 4 unspecified atom stereocenters. The van der Waals surface area contributed by atoms with Gasteiger partial charge in [0, 0.05) is 23.9 Å². The number of imidazole rings is 2. The highest BCUT2D eigenvalue weighted by molar-refractivity contribution is 5.90. The zero-order chi connectivity index (χ0) is 45.5. The summed E-state index contributed by atoms with van der Waals surface area (Å²) in [5.74, 6) is 5.60. The number of H-pyrrole nitrogens is 2. The maximum absolute atomic E-state index is 13.5. The van der Waals surface area contributed by atoms with Crippen LogP contribution in [0.5, 0.6) is 23.5 Å². The highest BCUT2D eigenvalue weighted by Crippen LogP contribution is 2.66. The first-order chi connectivity index (χ1) is 32.0. The zero-order valence-corrected chi connectivity index (χ0v) is 37.7. The standard InChI is InChI=1S/C26H30N4O4.C24H26N4O4/c1-3-8-30-22(31)20-21(28-24(27-20)26-13-15-9-16(14-26)11-18(26)10-15)29-25(30)34-19-7-5-6-17(12-19)23(32)33-4-2;1-2-6-28-20(29)18-19(27-23(28)32-17-5-3-4-15(10-17)21(30)31)26-22(25-18)24-11-13-7-14(12-24)9-16(24)8-13/h5-7,12,15-16,18H,3-4,8-11,13-14H2,1-2H3,(H,27,28);3-5,10,13-14,16H,2,6-9,11-12H2,1H3,(H,25,26)(H,30,31). The highest BCUT2D eigenvalue weighted by atomic mass is 16.5. The summed E-state index contributed by atoms with van der Waals surface area (Å²) in [5.41, 5.74) is 1.94. The van der Waals surface area contributed by atoms with Crippen LogP contribution in [0.1, 0.15) is 130 Å². The van der Waals surface area contributed by atoms with E-state index in [1.165, 1.54) is 68.1 Å². The number of esters is 1. The van der Waals surface area contributed by atoms with Gasteiger partial charge in [-0.1, -0.05) is 26.0 Å². The normalized spacial score (nSPS) is 27.4. The van der Waals surface area contributed by atoms with Crippen LogP contribution in [0, 0.1) is 35.5 Å². The number of benzene rings is 2. The van der Waals surface area contributed by atoms with Gasteiger partial charge in [0.1, 0.15) is 23.1 Å². The molecule has 8 aliphatic carbocycles. The molecule has 8 saturated carbocycles. The van der Waals surface area contributed by atoms with Gasteiger partial charge in [-0.3, -0.25) is 18.7 Å². The van der Waals surface area contributed by atoms with Crippen LogP contribution in [0.3, 0.4) is 0 Å². The maximum Gasteiger partial charge on any atom is 0.338 e. The average molecular weight is 897 g/mol. The predicted octanol–water partition coefficient (Wildman–Crippen LogP) is 8.67. The lowest BCUT2D eigenvalue weighted by Crippen LogP contribution is -2.29. The van der Waals surface area contributed by atoms with Crippen LogP contribution in [0.25, 0.3) is 22.3 Å². The number of carboxylic acids is 1. The molecule has 8 bridgehead atoms. The molecule has 0 saturated heterocycles. The Morgan fingerprint density at radius 2 is 1.09 bits per heavy atom. The molecule has 6 aromatic rings. The van der Waals surface area contributed by atoms with Crippen molar-refractivity contribution in [1.82, 2.24) is 39.0 Å². The third kappa shape index (κ3) is 7.00. The molecule has 0 radical (unpaired) electrons. The minimum absolute atomic E-state index is 0.0626. The third-order valence-electron chi connectivity index (χ3n) is 15.8. The second-order valence-electron chi connectivity index (χ2n) is 20.0. The Balaban J connectivity index is 0.000000146. The van der Waals surface area contributed by atoms with Crippen LogP contribution in [0.4, 0.5) is 0 Å². The topological polar surface area (TPSA) is 209 Å². The molecular weight excluding hydrogens is 841 g/mol. The third-order valence-corrected chi connectivity index (χ3v) is 15.8. The van der Waals surface area contributed by atoms with E-state index in [0.29, 0.717) is 70.9 Å². The van der Waals surface area contributed by atoms with E-state index < -0.39 is 11.9 Å². The van der Waals surface area contributed by atoms with Gasteiger partial charge in [0.25, 0.3) is 11.1 Å². The van der Waals surface area contributed by atoms with Gasteiger partial charge in [-0.25, -0.2) is 19.6 Å². The molecule has 4 atom stereocenters. The largest absolute Gasteiger partial charge is 0.478 e. The van der Waals surface area contributed by atoms with Crippen molar-refractivity contribution in [3.05, 3.63) is 92.0 Å². The van der Waals surface area contributed by atoms with Gasteiger partial charge in [-0.15, -0.1) is 0 Å². The van der Waals surface area contributed by atoms with Gasteiger partial charge >= 0.3 is 24.0 Å². The average Bonchev–Trinajstić information content (AvgIpc) is 4.13. The Bertz CT molecular complexity index is 2990. The van der Waals surface area contributed by atoms with E-state index in [9.17, 15) is 24.3 Å². The Morgan fingerprint density at radius 1 is 0.652 bits per heavy atom. The number of carboxylic acid groups (broad SMARTS) is 1. The summed E-state index contributed by atoms with van der Waals surface area (Å²) in [4.78, 5) is 76.1. The van der Waals surface area contributed by atoms with Crippen LogP contribution in [-0.2, 0) is 28.7 Å². The monoisotopic (exact) mass is 896 g/mol. The van der Waals surface area contributed by atoms with E-state index in [2.05, 4.69) is 19.9 Å². The molecule has 14 rings (SSSR count). The number of hydrogen-bond acceptors (Lipinski definition) is 11. The van der Waals surface area contributed by atoms with Crippen molar-refractivity contribution in [3.8, 4) is 23.5 Å². The van der Waals surface area contributed by atoms with Crippen LogP contribution >= 0.6 is 0 Å². The Kier molecular flexibility index (Phi) is 10.4. The lowest BCUT2D eigenvalue weighted by atomic mass is 9.75. The number of aromatic carboxylic acids is 1. The summed E-state index contributed by atoms with van der Waals surface area (Å²) < 4.78 is 20.1. The first kappa shape index (κ1) is 42.3. The molecule has 3 N–H and O–H groups in total. The van der Waals surface area contributed by atoms with E-state index in [1.807, 2.05) is 13.8 Å². The van der Waals surface area contributed by atoms with Crippen molar-refractivity contribution in [2.24, 2.45) is 35.5 Å². The summed E-state index contributed by atoms with van der Waals surface area (Å²) in [7, 11) is 0. The number of nitrogens with one attached hydrogen (secondary N) is 2. The number of carbonyl (C=O) groups is 2. The number of aromatic nitrogens is 8. The molecule has 8 aliphatic rings. The molecule has 0 spiro atoms. The van der Waals surface area contributed by atoms with Gasteiger partial charge < -0.3 is 29.3 Å². The summed E-state index contributed by atoms with van der Waals surface area (Å²) in [6, 6.07) is 13.2. The fraction of sp³-hybridized carbons (Fsp3) is 0.520. The van der Waals surface area contributed by atoms with E-state index in [1.54, 1.807) is 47.9 Å². The Morgan fingerprint density at radius 3 is 1.52 bits per heavy atom. The number of carbonyl (C=O) groups excluding carboxylic acids is 1. The number of fused-ring (bicyclic) bond motifs is 2. The van der Waals surface area contributed by atoms with Gasteiger partial charge in [0.2, 0.25) is 0 Å². The second-order valence-corrected chi connectivity index (χ2v) is 20.0. The zero-order valence-electron chi connectivity index (χ0n) is 37.7. The first-order valence-electron chi connectivity index (χ1n) is 24.0. The summed E-state index contributed by atoms with van der Waals surface area (Å²) in [6.07, 6.45) is 13.9. The van der Waals surface area contributed by atoms with E-state index in [4.69, 9.17) is 24.2 Å². The SMILES string of the molecule is CCCn1c(Oc2cccc(C(=O)O)c2)nc2nc(C34CC5CC(CC3C5)C4)[nH]c2c1=O.CCCn1c(Oc2cccc(C(=O)OCC)c2)nc2nc(C34CC5CC(CC3C5)C4)[nH]c2c1=O. The van der Waals surface area contributed by atoms with Gasteiger partial charge in [-0.2, -0.15) is 9.97 Å². The quantitative estimate of drug-likeness (QED) is 0.0931. The maximum atomic E-state index is 13.5. The summed E-state index contributed by atoms with van der Waals surface area (Å²) in [5, 5.41) is 9.26. The number of nitrogens with zero attached hydrogens (tertiary/aromatic N) is 6. The predicted molar refractivity (Wildman–Crippen MR) is 243 cm³/mol. The molecule has 344 valence electrons. The molecule has 8 fully saturated rings. The van der Waals surface area contributed by atoms with Crippen molar-refractivity contribution in [2.45, 2.75) is 122 Å². The van der Waals surface area contributed by atoms with E-state index in [-0.39, 0.29) is 39.5 Å². The number of hydrogen-bond donors (Lipinski definition) is 3. The lowest BCUT2D eigenvalue weighted by Gasteiger charge is -2.30. The van der Waals surface area contributed by atoms with Crippen molar-refractivity contribution in [1.29, 1.82) is 0 Å². The van der Waals surface area contributed by atoms with E-state index in [0.717, 1.165) is 61.0 Å². The minimum atomic E-state index is -1.04. The minimum Gasteiger partial charge on any atom is -0.478 e. The van der Waals surface area contributed by atoms with Crippen LogP contribution in [-0.4, -0.2) is 62.7 Å². The van der Waals surface area contributed by atoms with Gasteiger partial charge in [0.15, 0.2) is 22.3 Å². The second kappa shape index (κ2) is 16.2. The molecule has 66 heavy (non-hydrogen) atoms. The molecule has 4 aromatic heterocycles. The molecule has 0 aliphatic heterocycles. The van der Waals surface area contributed by atoms with Crippen molar-refractivity contribution in [2.75, 3.05) is 6.61 Å². The summed E-state index contributed by atoms with van der Waals surface area (Å²) in [6.45, 7) is 6.97. The van der Waals surface area contributed by atoms with E-state index >= 15 is 0 Å². The highest BCUT2D eigenvalue weighted by Gasteiger charge is 2.61. The molecular formula is C50H56N8O8. The number of rotatable bonds is 13. The Hall–Kier alpha value is -6.32. The lowest BCUT2D eigenvalue weighted by molar-refractivity contribution is 0.0525.